The summed E-state index contributed by atoms with van der Waals surface area (Å²) >= 11 is 1.15. The molecule has 0 radical (unpaired) electrons. The maximum Gasteiger partial charge on any atom is 0.322 e. The van der Waals surface area contributed by atoms with Crippen molar-refractivity contribution in [3.05, 3.63) is 35.2 Å². The van der Waals surface area contributed by atoms with E-state index in [0.29, 0.717) is 6.54 Å². The van der Waals surface area contributed by atoms with Gasteiger partial charge in [0.25, 0.3) is 0 Å². The topological polar surface area (TPSA) is 84.2 Å². The quantitative estimate of drug-likeness (QED) is 0.734. The molecule has 136 valence electrons. The molecule has 3 heterocycles. The number of nitrogens with one attached hydrogen (secondary N) is 1. The number of hydrogen-bond acceptors (Lipinski definition) is 6. The van der Waals surface area contributed by atoms with Crippen molar-refractivity contribution in [3.8, 4) is 0 Å². The number of anilines is 1. The lowest BCUT2D eigenvalue weighted by Crippen LogP contribution is -2.34. The summed E-state index contributed by atoms with van der Waals surface area (Å²) in [7, 11) is 0. The first kappa shape index (κ1) is 17.0. The summed E-state index contributed by atoms with van der Waals surface area (Å²) in [5, 5.41) is 7.24. The molecule has 3 aromatic rings. The lowest BCUT2D eigenvalue weighted by molar-refractivity contribution is 0.204. The van der Waals surface area contributed by atoms with Gasteiger partial charge in [-0.1, -0.05) is 25.1 Å². The van der Waals surface area contributed by atoms with Gasteiger partial charge in [0.15, 0.2) is 0 Å². The van der Waals surface area contributed by atoms with E-state index >= 15 is 0 Å². The van der Waals surface area contributed by atoms with Crippen LogP contribution < -0.4 is 5.32 Å². The number of hydrogen-bond donors (Lipinski definition) is 1. The molecule has 0 spiro atoms. The second kappa shape index (κ2) is 6.68. The van der Waals surface area contributed by atoms with Crippen molar-refractivity contribution in [3.63, 3.8) is 0 Å². The number of nitrogens with zero attached hydrogens (tertiary/aromatic N) is 4. The maximum absolute atomic E-state index is 13.0. The number of carbonyl (C=O) groups excluding carboxylic acids is 1. The molecule has 8 heteroatoms. The van der Waals surface area contributed by atoms with E-state index in [4.69, 9.17) is 4.52 Å². The molecule has 4 rings (SSSR count). The number of likely N-dealkylation sites (tertiary alicyclic amines) is 1. The van der Waals surface area contributed by atoms with Crippen molar-refractivity contribution in [2.45, 2.75) is 45.6 Å². The van der Waals surface area contributed by atoms with Gasteiger partial charge in [0.2, 0.25) is 0 Å². The van der Waals surface area contributed by atoms with Crippen LogP contribution >= 0.6 is 11.7 Å². The molecule has 0 bridgehead atoms. The maximum atomic E-state index is 13.0. The molecule has 26 heavy (non-hydrogen) atoms. The largest absolute Gasteiger partial charge is 0.361 e. The van der Waals surface area contributed by atoms with Crippen LogP contribution in [0.3, 0.4) is 0 Å². The average molecular weight is 371 g/mol. The van der Waals surface area contributed by atoms with Crippen LogP contribution in [0.4, 0.5) is 10.5 Å². The monoisotopic (exact) mass is 371 g/mol. The second-order valence-electron chi connectivity index (χ2n) is 6.98. The summed E-state index contributed by atoms with van der Waals surface area (Å²) in [6, 6.07) is 5.65. The molecule has 0 aliphatic carbocycles. The van der Waals surface area contributed by atoms with Crippen LogP contribution in [0.5, 0.6) is 0 Å². The SMILES string of the molecule is Cc1ccc2nsnc2c1NC(=O)N1CCC[C@H]1c1cc(C(C)C)on1. The van der Waals surface area contributed by atoms with E-state index in [1.54, 1.807) is 0 Å². The van der Waals surface area contributed by atoms with Crippen LogP contribution in [0.15, 0.2) is 22.7 Å². The van der Waals surface area contributed by atoms with Crippen molar-refractivity contribution < 1.29 is 9.32 Å². The zero-order chi connectivity index (χ0) is 18.3. The molecular formula is C18H21N5O2S. The van der Waals surface area contributed by atoms with E-state index in [9.17, 15) is 4.79 Å². The summed E-state index contributed by atoms with van der Waals surface area (Å²) in [6.45, 7) is 6.79. The molecular weight excluding hydrogens is 350 g/mol. The first-order valence-corrected chi connectivity index (χ1v) is 9.53. The Bertz CT molecular complexity index is 948. The number of aryl methyl sites for hydroxylation is 1. The fourth-order valence-corrected chi connectivity index (χ4v) is 3.88. The minimum Gasteiger partial charge on any atom is -0.361 e. The van der Waals surface area contributed by atoms with E-state index in [1.165, 1.54) is 0 Å². The van der Waals surface area contributed by atoms with Gasteiger partial charge in [-0.3, -0.25) is 0 Å². The minimum absolute atomic E-state index is 0.0562. The van der Waals surface area contributed by atoms with Crippen molar-refractivity contribution >= 4 is 34.5 Å². The number of rotatable bonds is 3. The van der Waals surface area contributed by atoms with Crippen molar-refractivity contribution in [1.82, 2.24) is 18.8 Å². The highest BCUT2D eigenvalue weighted by Crippen LogP contribution is 2.34. The summed E-state index contributed by atoms with van der Waals surface area (Å²) in [5.41, 5.74) is 4.06. The Balaban J connectivity index is 1.58. The third-order valence-electron chi connectivity index (χ3n) is 4.84. The van der Waals surface area contributed by atoms with Crippen molar-refractivity contribution in [1.29, 1.82) is 0 Å². The molecule has 1 fully saturated rings. The molecule has 1 atom stereocenters. The Morgan fingerprint density at radius 2 is 2.23 bits per heavy atom. The number of amides is 2. The molecule has 0 saturated carbocycles. The smallest absolute Gasteiger partial charge is 0.322 e. The first-order valence-electron chi connectivity index (χ1n) is 8.80. The van der Waals surface area contributed by atoms with E-state index in [-0.39, 0.29) is 18.0 Å². The third-order valence-corrected chi connectivity index (χ3v) is 5.38. The van der Waals surface area contributed by atoms with Gasteiger partial charge in [0.1, 0.15) is 22.5 Å². The molecule has 1 aromatic carbocycles. The highest BCUT2D eigenvalue weighted by molar-refractivity contribution is 7.00. The normalized spacial score (nSPS) is 17.4. The van der Waals surface area contributed by atoms with E-state index in [0.717, 1.165) is 58.3 Å². The molecule has 2 aromatic heterocycles. The summed E-state index contributed by atoms with van der Waals surface area (Å²) < 4.78 is 14.0. The van der Waals surface area contributed by atoms with Gasteiger partial charge in [-0.05, 0) is 31.4 Å². The van der Waals surface area contributed by atoms with Gasteiger partial charge in [0.05, 0.1) is 23.5 Å². The van der Waals surface area contributed by atoms with Crippen LogP contribution in [0.2, 0.25) is 0 Å². The lowest BCUT2D eigenvalue weighted by Gasteiger charge is -2.23. The van der Waals surface area contributed by atoms with E-state index in [1.807, 2.05) is 30.0 Å². The molecule has 0 unspecified atom stereocenters. The predicted molar refractivity (Wildman–Crippen MR) is 100 cm³/mol. The fraction of sp³-hybridized carbons (Fsp3) is 0.444. The van der Waals surface area contributed by atoms with E-state index < -0.39 is 0 Å². The number of benzene rings is 1. The van der Waals surface area contributed by atoms with Crippen LogP contribution in [0.25, 0.3) is 11.0 Å². The number of aromatic nitrogens is 3. The fourth-order valence-electron chi connectivity index (χ4n) is 3.34. The van der Waals surface area contributed by atoms with Gasteiger partial charge in [0, 0.05) is 18.5 Å². The summed E-state index contributed by atoms with van der Waals surface area (Å²) in [6.07, 6.45) is 1.84. The third kappa shape index (κ3) is 2.94. The highest BCUT2D eigenvalue weighted by atomic mass is 32.1. The lowest BCUT2D eigenvalue weighted by atomic mass is 10.1. The number of fused-ring (bicyclic) bond motifs is 1. The van der Waals surface area contributed by atoms with Gasteiger partial charge in [-0.2, -0.15) is 8.75 Å². The second-order valence-corrected chi connectivity index (χ2v) is 7.51. The summed E-state index contributed by atoms with van der Waals surface area (Å²) in [5.74, 6) is 1.12. The predicted octanol–water partition coefficient (Wildman–Crippen LogP) is 4.48. The molecule has 1 saturated heterocycles. The first-order chi connectivity index (χ1) is 12.5. The van der Waals surface area contributed by atoms with Crippen LogP contribution in [-0.2, 0) is 0 Å². The van der Waals surface area contributed by atoms with Gasteiger partial charge in [-0.25, -0.2) is 4.79 Å². The standard InChI is InChI=1S/C18H21N5O2S/c1-10(2)15-9-13(20-25-15)14-5-4-8-23(14)18(24)19-16-11(3)6-7-12-17(16)22-26-21-12/h6-7,9-10,14H,4-5,8H2,1-3H3,(H,19,24)/t14-/m0/s1. The van der Waals surface area contributed by atoms with Gasteiger partial charge < -0.3 is 14.7 Å². The van der Waals surface area contributed by atoms with Crippen LogP contribution in [0, 0.1) is 6.92 Å². The minimum atomic E-state index is -0.134. The zero-order valence-electron chi connectivity index (χ0n) is 15.0. The van der Waals surface area contributed by atoms with Gasteiger partial charge >= 0.3 is 6.03 Å². The van der Waals surface area contributed by atoms with E-state index in [2.05, 4.69) is 33.1 Å². The zero-order valence-corrected chi connectivity index (χ0v) is 15.8. The molecule has 1 aliphatic heterocycles. The molecule has 2 amide bonds. The Morgan fingerprint density at radius 3 is 3.00 bits per heavy atom. The Kier molecular flexibility index (Phi) is 4.36. The molecule has 1 aliphatic rings. The number of urea groups is 1. The van der Waals surface area contributed by atoms with Crippen molar-refractivity contribution in [2.24, 2.45) is 0 Å². The Morgan fingerprint density at radius 1 is 1.38 bits per heavy atom. The Labute approximate surface area is 155 Å². The average Bonchev–Trinajstić information content (AvgIpc) is 3.36. The highest BCUT2D eigenvalue weighted by Gasteiger charge is 2.33. The van der Waals surface area contributed by atoms with Gasteiger partial charge in [-0.15, -0.1) is 0 Å². The summed E-state index contributed by atoms with van der Waals surface area (Å²) in [4.78, 5) is 14.8. The Hall–Kier alpha value is -2.48. The van der Waals surface area contributed by atoms with Crippen LogP contribution in [0.1, 0.15) is 55.7 Å². The number of carbonyl (C=O) groups is 1. The molecule has 1 N–H and O–H groups in total. The van der Waals surface area contributed by atoms with Crippen molar-refractivity contribution in [2.75, 3.05) is 11.9 Å². The van der Waals surface area contributed by atoms with Crippen LogP contribution in [-0.4, -0.2) is 31.4 Å². The molecule has 7 nitrogen and oxygen atoms in total.